The number of ketones is 2. The average Bonchev–Trinajstić information content (AvgIpc) is 2.21. The molecule has 86 valence electrons. The topological polar surface area (TPSA) is 74.6 Å². The largest absolute Gasteiger partial charge is 0.504 e. The van der Waals surface area contributed by atoms with E-state index in [9.17, 15) is 14.7 Å². The van der Waals surface area contributed by atoms with Gasteiger partial charge in [-0.1, -0.05) is 25.4 Å². The van der Waals surface area contributed by atoms with Crippen molar-refractivity contribution >= 4 is 23.2 Å². The molecule has 0 amide bonds. The molecule has 0 unspecified atom stereocenters. The second kappa shape index (κ2) is 4.53. The van der Waals surface area contributed by atoms with E-state index in [0.29, 0.717) is 0 Å². The van der Waals surface area contributed by atoms with Crippen LogP contribution in [0.15, 0.2) is 12.1 Å². The third-order valence-corrected chi connectivity index (χ3v) is 2.37. The van der Waals surface area contributed by atoms with Crippen LogP contribution in [0.25, 0.3) is 0 Å². The molecule has 1 aromatic rings. The summed E-state index contributed by atoms with van der Waals surface area (Å²) >= 11 is 5.70. The Labute approximate surface area is 97.5 Å². The van der Waals surface area contributed by atoms with Crippen LogP contribution in [0.2, 0.25) is 5.02 Å². The van der Waals surface area contributed by atoms with Gasteiger partial charge in [-0.25, -0.2) is 0 Å². The van der Waals surface area contributed by atoms with E-state index in [1.165, 1.54) is 0 Å². The Kier molecular flexibility index (Phi) is 3.55. The van der Waals surface area contributed by atoms with Crippen LogP contribution in [0.4, 0.5) is 0 Å². The first-order valence-electron chi connectivity index (χ1n) is 4.64. The van der Waals surface area contributed by atoms with Crippen molar-refractivity contribution in [2.75, 3.05) is 0 Å². The SMILES string of the molecule is CC(C)C(=O)C(=O)c1cc(O)c(O)cc1Cl. The molecule has 0 fully saturated rings. The lowest BCUT2D eigenvalue weighted by Crippen LogP contribution is -2.20. The summed E-state index contributed by atoms with van der Waals surface area (Å²) in [5.41, 5.74) is -0.101. The Balaban J connectivity index is 3.19. The van der Waals surface area contributed by atoms with Crippen molar-refractivity contribution in [3.63, 3.8) is 0 Å². The Hall–Kier alpha value is -1.55. The van der Waals surface area contributed by atoms with Crippen molar-refractivity contribution in [2.24, 2.45) is 5.92 Å². The van der Waals surface area contributed by atoms with Gasteiger partial charge in [0.05, 0.1) is 5.02 Å². The summed E-state index contributed by atoms with van der Waals surface area (Å²) < 4.78 is 0. The number of phenols is 2. The molecule has 0 aliphatic carbocycles. The minimum absolute atomic E-state index is 0.0608. The van der Waals surface area contributed by atoms with Gasteiger partial charge in [-0.2, -0.15) is 0 Å². The summed E-state index contributed by atoms with van der Waals surface area (Å²) in [6, 6.07) is 2.01. The van der Waals surface area contributed by atoms with Crippen molar-refractivity contribution in [3.8, 4) is 11.5 Å². The fraction of sp³-hybridized carbons (Fsp3) is 0.273. The Morgan fingerprint density at radius 1 is 1.19 bits per heavy atom. The van der Waals surface area contributed by atoms with E-state index in [2.05, 4.69) is 0 Å². The summed E-state index contributed by atoms with van der Waals surface area (Å²) in [7, 11) is 0. The minimum atomic E-state index is -0.768. The third-order valence-electron chi connectivity index (χ3n) is 2.06. The number of halogens is 1. The maximum Gasteiger partial charge on any atom is 0.230 e. The maximum atomic E-state index is 11.6. The highest BCUT2D eigenvalue weighted by Crippen LogP contribution is 2.31. The number of aromatic hydroxyl groups is 2. The molecule has 0 saturated carbocycles. The molecule has 0 aromatic heterocycles. The van der Waals surface area contributed by atoms with Gasteiger partial charge >= 0.3 is 0 Å². The van der Waals surface area contributed by atoms with Crippen LogP contribution in [0, 0.1) is 5.92 Å². The van der Waals surface area contributed by atoms with Gasteiger partial charge in [0.15, 0.2) is 11.5 Å². The number of Topliss-reactive ketones (excluding diaryl/α,β-unsaturated/α-hetero) is 2. The molecule has 16 heavy (non-hydrogen) atoms. The van der Waals surface area contributed by atoms with Crippen LogP contribution in [-0.4, -0.2) is 21.8 Å². The van der Waals surface area contributed by atoms with E-state index in [-0.39, 0.29) is 10.6 Å². The maximum absolute atomic E-state index is 11.6. The normalized spacial score (nSPS) is 10.5. The molecule has 0 spiro atoms. The predicted molar refractivity (Wildman–Crippen MR) is 59.0 cm³/mol. The highest BCUT2D eigenvalue weighted by atomic mass is 35.5. The Morgan fingerprint density at radius 3 is 2.19 bits per heavy atom. The van der Waals surface area contributed by atoms with Crippen molar-refractivity contribution in [1.29, 1.82) is 0 Å². The van der Waals surface area contributed by atoms with E-state index >= 15 is 0 Å². The monoisotopic (exact) mass is 242 g/mol. The highest BCUT2D eigenvalue weighted by molar-refractivity contribution is 6.48. The minimum Gasteiger partial charge on any atom is -0.504 e. The number of benzene rings is 1. The standard InChI is InChI=1S/C11H11ClO4/c1-5(2)10(15)11(16)6-3-8(13)9(14)4-7(6)12/h3-5,13-14H,1-2H3. The first kappa shape index (κ1) is 12.5. The number of rotatable bonds is 3. The summed E-state index contributed by atoms with van der Waals surface area (Å²) in [5.74, 6) is -2.72. The van der Waals surface area contributed by atoms with E-state index in [1.54, 1.807) is 13.8 Å². The van der Waals surface area contributed by atoms with Crippen LogP contribution in [0.3, 0.4) is 0 Å². The molecule has 4 nitrogen and oxygen atoms in total. The molecule has 1 aromatic carbocycles. The number of carbonyl (C=O) groups is 2. The number of carbonyl (C=O) groups excluding carboxylic acids is 2. The molecule has 0 aliphatic heterocycles. The smallest absolute Gasteiger partial charge is 0.230 e. The van der Waals surface area contributed by atoms with Crippen LogP contribution < -0.4 is 0 Å². The van der Waals surface area contributed by atoms with Gasteiger partial charge in [0.1, 0.15) is 0 Å². The lowest BCUT2D eigenvalue weighted by Gasteiger charge is -2.06. The zero-order valence-corrected chi connectivity index (χ0v) is 9.58. The Morgan fingerprint density at radius 2 is 1.69 bits per heavy atom. The van der Waals surface area contributed by atoms with Crippen molar-refractivity contribution in [1.82, 2.24) is 0 Å². The van der Waals surface area contributed by atoms with Crippen LogP contribution in [0.1, 0.15) is 24.2 Å². The first-order valence-corrected chi connectivity index (χ1v) is 5.02. The predicted octanol–water partition coefficient (Wildman–Crippen LogP) is 2.16. The van der Waals surface area contributed by atoms with Crippen molar-refractivity contribution in [3.05, 3.63) is 22.7 Å². The van der Waals surface area contributed by atoms with Gasteiger partial charge in [-0.05, 0) is 6.07 Å². The lowest BCUT2D eigenvalue weighted by atomic mass is 9.99. The Bertz CT molecular complexity index is 452. The molecular formula is C11H11ClO4. The molecule has 1 rings (SSSR count). The van der Waals surface area contributed by atoms with Crippen molar-refractivity contribution in [2.45, 2.75) is 13.8 Å². The summed E-state index contributed by atoms with van der Waals surface area (Å²) in [5, 5.41) is 18.3. The molecule has 0 radical (unpaired) electrons. The number of hydrogen-bond donors (Lipinski definition) is 2. The van der Waals surface area contributed by atoms with Crippen LogP contribution in [0.5, 0.6) is 11.5 Å². The quantitative estimate of drug-likeness (QED) is 0.484. The molecule has 5 heteroatoms. The van der Waals surface area contributed by atoms with Gasteiger partial charge in [0.25, 0.3) is 0 Å². The summed E-state index contributed by atoms with van der Waals surface area (Å²) in [6.45, 7) is 3.18. The number of phenolic OH excluding ortho intramolecular Hbond substituents is 2. The first-order chi connectivity index (χ1) is 7.34. The van der Waals surface area contributed by atoms with E-state index in [0.717, 1.165) is 12.1 Å². The molecule has 0 heterocycles. The zero-order chi connectivity index (χ0) is 12.5. The zero-order valence-electron chi connectivity index (χ0n) is 8.82. The van der Waals surface area contributed by atoms with E-state index in [4.69, 9.17) is 16.7 Å². The molecule has 0 aliphatic rings. The van der Waals surface area contributed by atoms with Gasteiger partial charge in [0.2, 0.25) is 11.6 Å². The van der Waals surface area contributed by atoms with Crippen LogP contribution >= 0.6 is 11.6 Å². The lowest BCUT2D eigenvalue weighted by molar-refractivity contribution is -0.117. The van der Waals surface area contributed by atoms with E-state index in [1.807, 2.05) is 0 Å². The van der Waals surface area contributed by atoms with Gasteiger partial charge in [-0.15, -0.1) is 0 Å². The molecular weight excluding hydrogens is 232 g/mol. The summed E-state index contributed by atoms with van der Waals surface area (Å²) in [4.78, 5) is 23.1. The summed E-state index contributed by atoms with van der Waals surface area (Å²) in [6.07, 6.45) is 0. The molecule has 0 bridgehead atoms. The molecule has 0 atom stereocenters. The molecule has 0 saturated heterocycles. The average molecular weight is 243 g/mol. The molecule has 2 N–H and O–H groups in total. The third kappa shape index (κ3) is 2.33. The fourth-order valence-electron chi connectivity index (χ4n) is 1.12. The fourth-order valence-corrected chi connectivity index (χ4v) is 1.36. The highest BCUT2D eigenvalue weighted by Gasteiger charge is 2.23. The van der Waals surface area contributed by atoms with Gasteiger partial charge in [0, 0.05) is 17.5 Å². The number of hydrogen-bond acceptors (Lipinski definition) is 4. The van der Waals surface area contributed by atoms with Gasteiger partial charge in [-0.3, -0.25) is 9.59 Å². The van der Waals surface area contributed by atoms with E-state index < -0.39 is 29.0 Å². The second-order valence-corrected chi connectivity index (χ2v) is 4.08. The van der Waals surface area contributed by atoms with Crippen LogP contribution in [-0.2, 0) is 4.79 Å². The van der Waals surface area contributed by atoms with Gasteiger partial charge < -0.3 is 10.2 Å². The van der Waals surface area contributed by atoms with Crippen molar-refractivity contribution < 1.29 is 19.8 Å². The second-order valence-electron chi connectivity index (χ2n) is 3.67.